The summed E-state index contributed by atoms with van der Waals surface area (Å²) in [6, 6.07) is 8.90. The van der Waals surface area contributed by atoms with Gasteiger partial charge in [-0.05, 0) is 41.8 Å². The lowest BCUT2D eigenvalue weighted by molar-refractivity contribution is -0.274. The highest BCUT2D eigenvalue weighted by atomic mass is 19.4. The predicted octanol–water partition coefficient (Wildman–Crippen LogP) is 2.28. The van der Waals surface area contributed by atoms with E-state index in [0.717, 1.165) is 12.1 Å². The Kier molecular flexibility index (Phi) is 5.79. The van der Waals surface area contributed by atoms with E-state index in [1.165, 1.54) is 17.0 Å². The number of ether oxygens (including phenoxy) is 1. The van der Waals surface area contributed by atoms with E-state index in [1.54, 1.807) is 18.2 Å². The van der Waals surface area contributed by atoms with Crippen LogP contribution >= 0.6 is 0 Å². The SMILES string of the molecule is O=C1CCC(N2Cc3c(CNC(=O)c4cccc(OC(F)(F)F)c4)cccc3C2=O)C(=O)N1. The van der Waals surface area contributed by atoms with E-state index >= 15 is 0 Å². The first kappa shape index (κ1) is 22.3. The van der Waals surface area contributed by atoms with Crippen LogP contribution in [0.5, 0.6) is 5.75 Å². The molecular weight excluding hydrogens is 443 g/mol. The number of halogens is 3. The van der Waals surface area contributed by atoms with Crippen molar-refractivity contribution in [2.24, 2.45) is 0 Å². The highest BCUT2D eigenvalue weighted by molar-refractivity contribution is 6.05. The van der Waals surface area contributed by atoms with Crippen molar-refractivity contribution < 1.29 is 37.1 Å². The number of imide groups is 1. The first-order chi connectivity index (χ1) is 15.6. The summed E-state index contributed by atoms with van der Waals surface area (Å²) in [6.45, 7) is 0.157. The van der Waals surface area contributed by atoms with Crippen LogP contribution in [0.4, 0.5) is 13.2 Å². The minimum atomic E-state index is -4.87. The summed E-state index contributed by atoms with van der Waals surface area (Å²) in [4.78, 5) is 50.3. The van der Waals surface area contributed by atoms with Crippen LogP contribution in [0.15, 0.2) is 42.5 Å². The van der Waals surface area contributed by atoms with Crippen molar-refractivity contribution in [3.8, 4) is 5.75 Å². The van der Waals surface area contributed by atoms with Gasteiger partial charge in [-0.1, -0.05) is 18.2 Å². The molecule has 0 aliphatic carbocycles. The number of nitrogens with one attached hydrogen (secondary N) is 2. The van der Waals surface area contributed by atoms with E-state index in [4.69, 9.17) is 0 Å². The van der Waals surface area contributed by atoms with Gasteiger partial charge in [-0.25, -0.2) is 0 Å². The fraction of sp³-hybridized carbons (Fsp3) is 0.273. The van der Waals surface area contributed by atoms with Crippen LogP contribution in [0, 0.1) is 0 Å². The molecule has 8 nitrogen and oxygen atoms in total. The number of fused-ring (bicyclic) bond motifs is 1. The molecule has 1 atom stereocenters. The summed E-state index contributed by atoms with van der Waals surface area (Å²) < 4.78 is 41.1. The molecule has 4 amide bonds. The molecule has 0 bridgehead atoms. The molecule has 1 saturated heterocycles. The zero-order chi connectivity index (χ0) is 23.8. The summed E-state index contributed by atoms with van der Waals surface area (Å²) in [5.41, 5.74) is 1.64. The molecule has 2 aromatic rings. The quantitative estimate of drug-likeness (QED) is 0.665. The largest absolute Gasteiger partial charge is 0.573 e. The van der Waals surface area contributed by atoms with Crippen molar-refractivity contribution in [3.63, 3.8) is 0 Å². The molecule has 2 aliphatic rings. The van der Waals surface area contributed by atoms with Gasteiger partial charge in [-0.15, -0.1) is 13.2 Å². The van der Waals surface area contributed by atoms with Crippen LogP contribution in [0.1, 0.15) is 44.7 Å². The second-order valence-electron chi connectivity index (χ2n) is 7.60. The molecule has 0 aromatic heterocycles. The summed E-state index contributed by atoms with van der Waals surface area (Å²) in [5.74, 6) is -2.38. The van der Waals surface area contributed by atoms with Crippen molar-refractivity contribution in [3.05, 3.63) is 64.7 Å². The fourth-order valence-corrected chi connectivity index (χ4v) is 3.93. The van der Waals surface area contributed by atoms with Crippen LogP contribution in [-0.4, -0.2) is 40.9 Å². The molecule has 2 heterocycles. The number of hydrogen-bond donors (Lipinski definition) is 2. The molecule has 2 aromatic carbocycles. The van der Waals surface area contributed by atoms with Gasteiger partial charge in [0.05, 0.1) is 0 Å². The Hall–Kier alpha value is -3.89. The Labute approximate surface area is 185 Å². The lowest BCUT2D eigenvalue weighted by atomic mass is 10.0. The second kappa shape index (κ2) is 8.57. The zero-order valence-electron chi connectivity index (χ0n) is 17.1. The van der Waals surface area contributed by atoms with E-state index < -0.39 is 30.0 Å². The summed E-state index contributed by atoms with van der Waals surface area (Å²) in [6.07, 6.45) is -4.51. The van der Waals surface area contributed by atoms with E-state index in [9.17, 15) is 32.3 Å². The van der Waals surface area contributed by atoms with Crippen LogP contribution in [-0.2, 0) is 22.7 Å². The van der Waals surface area contributed by atoms with Crippen LogP contribution in [0.3, 0.4) is 0 Å². The molecule has 0 radical (unpaired) electrons. The van der Waals surface area contributed by atoms with Gasteiger partial charge < -0.3 is 15.0 Å². The number of benzene rings is 2. The molecule has 1 fully saturated rings. The first-order valence-electron chi connectivity index (χ1n) is 10.0. The number of piperidine rings is 1. The number of alkyl halides is 3. The molecule has 172 valence electrons. The van der Waals surface area contributed by atoms with Gasteiger partial charge in [0, 0.05) is 30.6 Å². The average Bonchev–Trinajstić information content (AvgIpc) is 3.08. The van der Waals surface area contributed by atoms with E-state index in [1.807, 2.05) is 0 Å². The van der Waals surface area contributed by atoms with Gasteiger partial charge in [0.15, 0.2) is 0 Å². The second-order valence-corrected chi connectivity index (χ2v) is 7.60. The van der Waals surface area contributed by atoms with Gasteiger partial charge in [0.25, 0.3) is 11.8 Å². The van der Waals surface area contributed by atoms with Crippen LogP contribution in [0.25, 0.3) is 0 Å². The van der Waals surface area contributed by atoms with Gasteiger partial charge >= 0.3 is 6.36 Å². The van der Waals surface area contributed by atoms with Crippen molar-refractivity contribution in [1.29, 1.82) is 0 Å². The number of carbonyl (C=O) groups is 4. The molecular formula is C22H18F3N3O5. The van der Waals surface area contributed by atoms with Gasteiger partial charge in [-0.3, -0.25) is 24.5 Å². The van der Waals surface area contributed by atoms with Crippen molar-refractivity contribution in [1.82, 2.24) is 15.5 Å². The summed E-state index contributed by atoms with van der Waals surface area (Å²) in [5, 5.41) is 4.86. The highest BCUT2D eigenvalue weighted by Crippen LogP contribution is 2.30. The zero-order valence-corrected chi connectivity index (χ0v) is 17.1. The highest BCUT2D eigenvalue weighted by Gasteiger charge is 2.39. The van der Waals surface area contributed by atoms with E-state index in [0.29, 0.717) is 16.7 Å². The molecule has 0 spiro atoms. The fourth-order valence-electron chi connectivity index (χ4n) is 3.93. The summed E-state index contributed by atoms with van der Waals surface area (Å²) in [7, 11) is 0. The molecule has 11 heteroatoms. The number of amides is 4. The number of rotatable bonds is 5. The Morgan fingerprint density at radius 1 is 1.15 bits per heavy atom. The Bertz CT molecular complexity index is 1150. The topological polar surface area (TPSA) is 105 Å². The molecule has 2 N–H and O–H groups in total. The standard InChI is InChI=1S/C22H18F3N3O5/c23-22(24,25)33-14-5-1-3-12(9-14)19(30)26-10-13-4-2-6-15-16(13)11-28(21(15)32)17-7-8-18(29)27-20(17)31/h1-6,9,17H,7-8,10-11H2,(H,26,30)(H,27,29,31). The van der Waals surface area contributed by atoms with Crippen molar-refractivity contribution in [2.45, 2.75) is 38.3 Å². The average molecular weight is 461 g/mol. The Morgan fingerprint density at radius 3 is 2.64 bits per heavy atom. The number of nitrogens with zero attached hydrogens (tertiary/aromatic N) is 1. The minimum Gasteiger partial charge on any atom is -0.406 e. The third kappa shape index (κ3) is 4.81. The lowest BCUT2D eigenvalue weighted by Gasteiger charge is -2.29. The van der Waals surface area contributed by atoms with Gasteiger partial charge in [0.1, 0.15) is 11.8 Å². The Balaban J connectivity index is 1.46. The smallest absolute Gasteiger partial charge is 0.406 e. The number of hydrogen-bond acceptors (Lipinski definition) is 5. The van der Waals surface area contributed by atoms with E-state index in [2.05, 4.69) is 15.4 Å². The minimum absolute atomic E-state index is 0.0167. The summed E-state index contributed by atoms with van der Waals surface area (Å²) >= 11 is 0. The van der Waals surface area contributed by atoms with Gasteiger partial charge in [0.2, 0.25) is 11.8 Å². The molecule has 1 unspecified atom stereocenters. The van der Waals surface area contributed by atoms with E-state index in [-0.39, 0.29) is 43.3 Å². The lowest BCUT2D eigenvalue weighted by Crippen LogP contribution is -2.52. The normalized spacial score (nSPS) is 18.1. The van der Waals surface area contributed by atoms with Crippen molar-refractivity contribution in [2.75, 3.05) is 0 Å². The van der Waals surface area contributed by atoms with Crippen molar-refractivity contribution >= 4 is 23.6 Å². The molecule has 2 aliphatic heterocycles. The monoisotopic (exact) mass is 461 g/mol. The maximum absolute atomic E-state index is 12.9. The Morgan fingerprint density at radius 2 is 1.91 bits per heavy atom. The molecule has 4 rings (SSSR count). The maximum atomic E-state index is 12.9. The molecule has 0 saturated carbocycles. The third-order valence-corrected chi connectivity index (χ3v) is 5.45. The third-order valence-electron chi connectivity index (χ3n) is 5.45. The number of carbonyl (C=O) groups excluding carboxylic acids is 4. The van der Waals surface area contributed by atoms with Gasteiger partial charge in [-0.2, -0.15) is 0 Å². The van der Waals surface area contributed by atoms with Crippen LogP contribution < -0.4 is 15.4 Å². The maximum Gasteiger partial charge on any atom is 0.573 e. The van der Waals surface area contributed by atoms with Crippen LogP contribution in [0.2, 0.25) is 0 Å². The molecule has 33 heavy (non-hydrogen) atoms. The predicted molar refractivity (Wildman–Crippen MR) is 107 cm³/mol. The first-order valence-corrected chi connectivity index (χ1v) is 10.0.